The van der Waals surface area contributed by atoms with Crippen molar-refractivity contribution < 1.29 is 0 Å². The van der Waals surface area contributed by atoms with Crippen molar-refractivity contribution in [2.75, 3.05) is 75.2 Å². The average Bonchev–Trinajstić information content (AvgIpc) is 3.73. The lowest BCUT2D eigenvalue weighted by Gasteiger charge is -2.35. The van der Waals surface area contributed by atoms with E-state index >= 15 is 0 Å². The quantitative estimate of drug-likeness (QED) is 0.224. The monoisotopic (exact) mass is 692 g/mol. The topological polar surface area (TPSA) is 93.3 Å². The molecule has 2 aliphatic heterocycles. The first-order chi connectivity index (χ1) is 24.3. The van der Waals surface area contributed by atoms with Gasteiger partial charge in [0.25, 0.3) is 5.56 Å². The molecule has 0 radical (unpaired) electrons. The van der Waals surface area contributed by atoms with Crippen LogP contribution in [0, 0.1) is 13.8 Å². The van der Waals surface area contributed by atoms with Crippen molar-refractivity contribution in [2.45, 2.75) is 27.7 Å². The predicted octanol–water partition coefficient (Wildman–Crippen LogP) is 5.64. The van der Waals surface area contributed by atoms with E-state index in [4.69, 9.17) is 11.6 Å². The van der Waals surface area contributed by atoms with Crippen molar-refractivity contribution >= 4 is 34.3 Å². The molecule has 0 bridgehead atoms. The molecule has 50 heavy (non-hydrogen) atoms. The Morgan fingerprint density at radius 2 is 1.16 bits per heavy atom. The van der Waals surface area contributed by atoms with Crippen LogP contribution in [0.5, 0.6) is 0 Å². The zero-order valence-electron chi connectivity index (χ0n) is 29.3. The molecule has 4 aromatic heterocycles. The summed E-state index contributed by atoms with van der Waals surface area (Å²) in [4.78, 5) is 31.3. The minimum absolute atomic E-state index is 0.0899. The van der Waals surface area contributed by atoms with E-state index in [9.17, 15) is 4.79 Å². The third-order valence-electron chi connectivity index (χ3n) is 9.78. The minimum Gasteiger partial charge on any atom is -0.369 e. The lowest BCUT2D eigenvalue weighted by Crippen LogP contribution is -2.46. The van der Waals surface area contributed by atoms with Crippen LogP contribution in [0.1, 0.15) is 25.2 Å². The molecule has 0 amide bonds. The highest BCUT2D eigenvalue weighted by Gasteiger charge is 2.18. The highest BCUT2D eigenvalue weighted by molar-refractivity contribution is 6.30. The summed E-state index contributed by atoms with van der Waals surface area (Å²) >= 11 is 6.35. The molecule has 2 aromatic carbocycles. The molecule has 8 rings (SSSR count). The van der Waals surface area contributed by atoms with Gasteiger partial charge < -0.3 is 19.6 Å². The number of nitrogens with zero attached hydrogens (tertiary/aromatic N) is 9. The first-order valence-corrected chi connectivity index (χ1v) is 17.9. The molecule has 12 heteroatoms. The summed E-state index contributed by atoms with van der Waals surface area (Å²) in [6, 6.07) is 24.2. The standard InChI is InChI=1S/C19H22ClN5.C19H23N5O/c1-3-23-8-10-24(11-9-23)16-6-4-15(5-7-16)17-13-18(20)25-19(21-17)12-14(2)22-25;1-3-22-8-10-23(11-9-22)16-6-4-15(5-7-16)17-13-19(25)24-18(20-17)12-14(2)21-24/h4-7,12-13H,3,8-11H2,1-2H3;4-7,12-13,21H,3,8-11H2,1-2H3. The van der Waals surface area contributed by atoms with Crippen LogP contribution in [0.2, 0.25) is 5.15 Å². The fourth-order valence-corrected chi connectivity index (χ4v) is 7.02. The van der Waals surface area contributed by atoms with E-state index in [1.165, 1.54) is 15.9 Å². The smallest absolute Gasteiger partial charge is 0.273 e. The Bertz CT molecular complexity index is 2120. The highest BCUT2D eigenvalue weighted by atomic mass is 35.5. The number of aromatic amines is 1. The van der Waals surface area contributed by atoms with Gasteiger partial charge in [0.05, 0.1) is 17.1 Å². The van der Waals surface area contributed by atoms with Crippen LogP contribution in [-0.4, -0.2) is 104 Å². The molecule has 0 spiro atoms. The number of nitrogens with one attached hydrogen (secondary N) is 1. The second-order valence-corrected chi connectivity index (χ2v) is 13.5. The normalized spacial score (nSPS) is 15.9. The molecule has 2 fully saturated rings. The maximum absolute atomic E-state index is 12.2. The van der Waals surface area contributed by atoms with E-state index < -0.39 is 0 Å². The zero-order chi connectivity index (χ0) is 34.8. The maximum atomic E-state index is 12.2. The number of aryl methyl sites for hydroxylation is 2. The van der Waals surface area contributed by atoms with E-state index in [0.717, 1.165) is 99.3 Å². The van der Waals surface area contributed by atoms with Crippen LogP contribution in [0.25, 0.3) is 33.8 Å². The molecular weight excluding hydrogens is 648 g/mol. The van der Waals surface area contributed by atoms with E-state index in [-0.39, 0.29) is 5.56 Å². The average molecular weight is 693 g/mol. The Hall–Kier alpha value is -4.71. The van der Waals surface area contributed by atoms with Crippen LogP contribution in [0.4, 0.5) is 11.4 Å². The fourth-order valence-electron chi connectivity index (χ4n) is 6.79. The van der Waals surface area contributed by atoms with E-state index in [1.54, 1.807) is 10.6 Å². The third kappa shape index (κ3) is 7.26. The summed E-state index contributed by atoms with van der Waals surface area (Å²) < 4.78 is 3.14. The zero-order valence-corrected chi connectivity index (χ0v) is 30.1. The Morgan fingerprint density at radius 1 is 0.660 bits per heavy atom. The lowest BCUT2D eigenvalue weighted by atomic mass is 10.1. The lowest BCUT2D eigenvalue weighted by molar-refractivity contribution is 0.271. The van der Waals surface area contributed by atoms with Crippen molar-refractivity contribution in [2.24, 2.45) is 0 Å². The van der Waals surface area contributed by atoms with Crippen LogP contribution in [-0.2, 0) is 0 Å². The van der Waals surface area contributed by atoms with Gasteiger partial charge in [-0.1, -0.05) is 49.7 Å². The van der Waals surface area contributed by atoms with Gasteiger partial charge in [-0.2, -0.15) is 5.10 Å². The first kappa shape index (κ1) is 33.8. The van der Waals surface area contributed by atoms with Gasteiger partial charge in [0.15, 0.2) is 11.3 Å². The van der Waals surface area contributed by atoms with Gasteiger partial charge in [0, 0.05) is 105 Å². The van der Waals surface area contributed by atoms with Crippen LogP contribution < -0.4 is 15.4 Å². The minimum atomic E-state index is -0.0899. The molecule has 0 saturated carbocycles. The molecule has 0 atom stereocenters. The van der Waals surface area contributed by atoms with Gasteiger partial charge in [0.1, 0.15) is 5.15 Å². The summed E-state index contributed by atoms with van der Waals surface area (Å²) in [6.07, 6.45) is 0. The number of likely N-dealkylation sites (N-methyl/N-ethyl adjacent to an activating group) is 2. The molecule has 6 heterocycles. The number of benzene rings is 2. The second kappa shape index (κ2) is 14.6. The van der Waals surface area contributed by atoms with Gasteiger partial charge in [-0.05, 0) is 51.2 Å². The molecule has 0 unspecified atom stereocenters. The summed E-state index contributed by atoms with van der Waals surface area (Å²) in [7, 11) is 0. The number of anilines is 2. The van der Waals surface area contributed by atoms with Crippen molar-refractivity contribution in [1.29, 1.82) is 0 Å². The summed E-state index contributed by atoms with van der Waals surface area (Å²) in [5.74, 6) is 0. The predicted molar refractivity (Wildman–Crippen MR) is 203 cm³/mol. The Labute approximate surface area is 297 Å². The third-order valence-corrected chi connectivity index (χ3v) is 10.0. The van der Waals surface area contributed by atoms with Gasteiger partial charge in [-0.15, -0.1) is 0 Å². The fraction of sp³-hybridized carbons (Fsp3) is 0.368. The number of hydrogen-bond acceptors (Lipinski definition) is 8. The van der Waals surface area contributed by atoms with Crippen molar-refractivity contribution in [3.8, 4) is 22.5 Å². The van der Waals surface area contributed by atoms with Crippen molar-refractivity contribution in [1.82, 2.24) is 39.0 Å². The number of rotatable bonds is 6. The van der Waals surface area contributed by atoms with Gasteiger partial charge in [0.2, 0.25) is 0 Å². The molecular formula is C38H45ClN10O. The molecule has 11 nitrogen and oxygen atoms in total. The highest BCUT2D eigenvalue weighted by Crippen LogP contribution is 2.26. The van der Waals surface area contributed by atoms with Crippen molar-refractivity contribution in [3.63, 3.8) is 0 Å². The molecule has 0 aliphatic carbocycles. The second-order valence-electron chi connectivity index (χ2n) is 13.1. The Kier molecular flexibility index (Phi) is 9.89. The molecule has 1 N–H and O–H groups in total. The maximum Gasteiger partial charge on any atom is 0.273 e. The number of fused-ring (bicyclic) bond motifs is 2. The van der Waals surface area contributed by atoms with E-state index in [2.05, 4.69) is 102 Å². The number of halogens is 1. The molecule has 6 aromatic rings. The largest absolute Gasteiger partial charge is 0.369 e. The van der Waals surface area contributed by atoms with E-state index in [0.29, 0.717) is 16.5 Å². The summed E-state index contributed by atoms with van der Waals surface area (Å²) in [6.45, 7) is 19.3. The Balaban J connectivity index is 0.000000157. The van der Waals surface area contributed by atoms with Gasteiger partial charge in [-0.25, -0.2) is 19.0 Å². The number of H-pyrrole nitrogens is 1. The molecule has 2 aliphatic rings. The number of hydrogen-bond donors (Lipinski definition) is 1. The van der Waals surface area contributed by atoms with Crippen LogP contribution in [0.15, 0.2) is 77.6 Å². The molecule has 2 saturated heterocycles. The van der Waals surface area contributed by atoms with Crippen molar-refractivity contribution in [3.05, 3.63) is 99.7 Å². The SMILES string of the molecule is CCN1CCN(c2ccc(-c3cc(=O)n4[nH]c(C)cc4n3)cc2)CC1.CCN1CCN(c2ccc(-c3cc(Cl)n4nc(C)cc4n3)cc2)CC1. The molecule has 260 valence electrons. The van der Waals surface area contributed by atoms with Gasteiger partial charge in [-0.3, -0.25) is 9.89 Å². The Morgan fingerprint density at radius 3 is 1.68 bits per heavy atom. The summed E-state index contributed by atoms with van der Waals surface area (Å²) in [5, 5.41) is 7.92. The number of aromatic nitrogens is 6. The first-order valence-electron chi connectivity index (χ1n) is 17.6. The van der Waals surface area contributed by atoms with Crippen LogP contribution in [0.3, 0.4) is 0 Å². The summed E-state index contributed by atoms with van der Waals surface area (Å²) in [5.41, 5.74) is 9.30. The van der Waals surface area contributed by atoms with Gasteiger partial charge >= 0.3 is 0 Å². The van der Waals surface area contributed by atoms with Crippen LogP contribution >= 0.6 is 11.6 Å². The number of piperazine rings is 2. The van der Waals surface area contributed by atoms with E-state index in [1.807, 2.05) is 32.0 Å².